The summed E-state index contributed by atoms with van der Waals surface area (Å²) in [5.41, 5.74) is 0.752. The summed E-state index contributed by atoms with van der Waals surface area (Å²) in [6.07, 6.45) is 1.23. The van der Waals surface area contributed by atoms with Gasteiger partial charge in [0, 0.05) is 20.0 Å². The molecule has 2 rings (SSSR count). The Hall–Kier alpha value is -0.880. The summed E-state index contributed by atoms with van der Waals surface area (Å²) in [5.74, 6) is 1.01. The van der Waals surface area contributed by atoms with Crippen molar-refractivity contribution in [3.05, 3.63) is 62.1 Å². The molecule has 104 valence electrons. The second-order valence-electron chi connectivity index (χ2n) is 4.34. The number of hydrogen-bond donors (Lipinski definition) is 0. The first-order valence-corrected chi connectivity index (χ1v) is 8.19. The van der Waals surface area contributed by atoms with E-state index in [-0.39, 0.29) is 5.78 Å². The summed E-state index contributed by atoms with van der Waals surface area (Å²) in [4.78, 5) is 11.9. The van der Waals surface area contributed by atoms with Gasteiger partial charge in [-0.25, -0.2) is 0 Å². The number of benzene rings is 2. The van der Waals surface area contributed by atoms with E-state index >= 15 is 0 Å². The molecule has 0 radical (unpaired) electrons. The molecule has 0 heterocycles. The van der Waals surface area contributed by atoms with E-state index in [0.29, 0.717) is 13.0 Å². The van der Waals surface area contributed by atoms with Crippen LogP contribution in [0.25, 0.3) is 0 Å². The minimum absolute atomic E-state index is 0.156. The normalized spacial score (nSPS) is 10.3. The highest BCUT2D eigenvalue weighted by molar-refractivity contribution is 14.1. The van der Waals surface area contributed by atoms with Crippen LogP contribution in [0.1, 0.15) is 23.2 Å². The second-order valence-corrected chi connectivity index (χ2v) is 6.50. The van der Waals surface area contributed by atoms with Crippen LogP contribution < -0.4 is 4.74 Å². The van der Waals surface area contributed by atoms with Gasteiger partial charge in [0.1, 0.15) is 5.75 Å². The molecule has 0 aliphatic heterocycles. The molecule has 0 amide bonds. The van der Waals surface area contributed by atoms with Crippen molar-refractivity contribution in [3.63, 3.8) is 0 Å². The van der Waals surface area contributed by atoms with Gasteiger partial charge < -0.3 is 4.74 Å². The fourth-order valence-electron chi connectivity index (χ4n) is 1.76. The molecule has 2 nitrogen and oxygen atoms in total. The Bertz CT molecular complexity index is 581. The van der Waals surface area contributed by atoms with Crippen molar-refractivity contribution in [1.82, 2.24) is 0 Å². The molecule has 2 aromatic carbocycles. The standard InChI is InChI=1S/C16H14BrIO2/c17-13-8-6-12(7-9-13)16(19)5-2-10-20-15-4-1-3-14(18)11-15/h1,3-4,6-9,11H,2,5,10H2. The summed E-state index contributed by atoms with van der Waals surface area (Å²) in [5, 5.41) is 0. The summed E-state index contributed by atoms with van der Waals surface area (Å²) in [6, 6.07) is 15.3. The van der Waals surface area contributed by atoms with Crippen LogP contribution in [0, 0.1) is 3.57 Å². The quantitative estimate of drug-likeness (QED) is 0.352. The maximum absolute atomic E-state index is 11.9. The van der Waals surface area contributed by atoms with E-state index in [9.17, 15) is 4.79 Å². The number of hydrogen-bond acceptors (Lipinski definition) is 2. The van der Waals surface area contributed by atoms with Crippen LogP contribution in [0.4, 0.5) is 0 Å². The fraction of sp³-hybridized carbons (Fsp3) is 0.188. The molecule has 0 N–H and O–H groups in total. The number of carbonyl (C=O) groups is 1. The van der Waals surface area contributed by atoms with Gasteiger partial charge in [-0.15, -0.1) is 0 Å². The van der Waals surface area contributed by atoms with E-state index in [0.717, 1.165) is 25.8 Å². The molecule has 0 aliphatic carbocycles. The maximum atomic E-state index is 11.9. The molecule has 0 bridgehead atoms. The summed E-state index contributed by atoms with van der Waals surface area (Å²) >= 11 is 5.61. The van der Waals surface area contributed by atoms with Gasteiger partial charge in [0.2, 0.25) is 0 Å². The lowest BCUT2D eigenvalue weighted by Crippen LogP contribution is -2.03. The molecule has 2 aromatic rings. The first kappa shape index (κ1) is 15.5. The number of rotatable bonds is 6. The highest BCUT2D eigenvalue weighted by atomic mass is 127. The number of halogens is 2. The molecule has 0 spiro atoms. The van der Waals surface area contributed by atoms with E-state index in [1.807, 2.05) is 48.5 Å². The number of ketones is 1. The van der Waals surface area contributed by atoms with Crippen molar-refractivity contribution in [2.75, 3.05) is 6.61 Å². The van der Waals surface area contributed by atoms with Crippen molar-refractivity contribution >= 4 is 44.3 Å². The number of carbonyl (C=O) groups excluding carboxylic acids is 1. The Morgan fingerprint density at radius 2 is 1.90 bits per heavy atom. The number of ether oxygens (including phenoxy) is 1. The average molecular weight is 445 g/mol. The van der Waals surface area contributed by atoms with Crippen LogP contribution in [0.2, 0.25) is 0 Å². The van der Waals surface area contributed by atoms with Crippen molar-refractivity contribution in [2.45, 2.75) is 12.8 Å². The third kappa shape index (κ3) is 4.90. The molecule has 0 atom stereocenters. The maximum Gasteiger partial charge on any atom is 0.163 e. The first-order valence-electron chi connectivity index (χ1n) is 6.32. The molecule has 0 aliphatic rings. The van der Waals surface area contributed by atoms with E-state index in [2.05, 4.69) is 38.5 Å². The smallest absolute Gasteiger partial charge is 0.163 e. The lowest BCUT2D eigenvalue weighted by molar-refractivity contribution is 0.0973. The highest BCUT2D eigenvalue weighted by Gasteiger charge is 2.05. The SMILES string of the molecule is O=C(CCCOc1cccc(I)c1)c1ccc(Br)cc1. The van der Waals surface area contributed by atoms with Gasteiger partial charge >= 0.3 is 0 Å². The van der Waals surface area contributed by atoms with E-state index in [4.69, 9.17) is 4.74 Å². The van der Waals surface area contributed by atoms with Gasteiger partial charge in [0.25, 0.3) is 0 Å². The first-order chi connectivity index (χ1) is 9.65. The van der Waals surface area contributed by atoms with Crippen molar-refractivity contribution in [1.29, 1.82) is 0 Å². The predicted molar refractivity (Wildman–Crippen MR) is 92.4 cm³/mol. The van der Waals surface area contributed by atoms with E-state index in [1.165, 1.54) is 0 Å². The second kappa shape index (κ2) is 7.78. The summed E-state index contributed by atoms with van der Waals surface area (Å²) < 4.78 is 7.75. The zero-order chi connectivity index (χ0) is 14.4. The monoisotopic (exact) mass is 444 g/mol. The molecule has 0 fully saturated rings. The highest BCUT2D eigenvalue weighted by Crippen LogP contribution is 2.16. The van der Waals surface area contributed by atoms with Crippen LogP contribution in [-0.2, 0) is 0 Å². The average Bonchev–Trinajstić information content (AvgIpc) is 2.44. The van der Waals surface area contributed by atoms with Crippen molar-refractivity contribution in [2.24, 2.45) is 0 Å². The minimum atomic E-state index is 0.156. The molecule has 0 aromatic heterocycles. The van der Waals surface area contributed by atoms with Gasteiger partial charge in [-0.3, -0.25) is 4.79 Å². The molecule has 0 saturated carbocycles. The summed E-state index contributed by atoms with van der Waals surface area (Å²) in [6.45, 7) is 0.558. The van der Waals surface area contributed by atoms with E-state index in [1.54, 1.807) is 0 Å². The minimum Gasteiger partial charge on any atom is -0.494 e. The zero-order valence-corrected chi connectivity index (χ0v) is 14.6. The molecule has 4 heteroatoms. The predicted octanol–water partition coefficient (Wildman–Crippen LogP) is 5.10. The van der Waals surface area contributed by atoms with Crippen molar-refractivity contribution < 1.29 is 9.53 Å². The lowest BCUT2D eigenvalue weighted by Gasteiger charge is -2.06. The molecule has 0 saturated heterocycles. The van der Waals surface area contributed by atoms with Crippen LogP contribution in [0.3, 0.4) is 0 Å². The largest absolute Gasteiger partial charge is 0.494 e. The Morgan fingerprint density at radius 1 is 1.15 bits per heavy atom. The van der Waals surface area contributed by atoms with Crippen molar-refractivity contribution in [3.8, 4) is 5.75 Å². The van der Waals surface area contributed by atoms with Gasteiger partial charge in [0.05, 0.1) is 6.61 Å². The molecule has 0 unspecified atom stereocenters. The Balaban J connectivity index is 1.76. The van der Waals surface area contributed by atoms with Gasteiger partial charge in [-0.05, 0) is 59.3 Å². The summed E-state index contributed by atoms with van der Waals surface area (Å²) in [7, 11) is 0. The number of Topliss-reactive ketones (excluding diaryl/α,β-unsaturated/α-hetero) is 1. The third-order valence-corrected chi connectivity index (χ3v) is 3.98. The Labute approximate surface area is 140 Å². The zero-order valence-electron chi connectivity index (χ0n) is 10.8. The third-order valence-electron chi connectivity index (χ3n) is 2.78. The van der Waals surface area contributed by atoms with Crippen LogP contribution in [0.5, 0.6) is 5.75 Å². The molecular weight excluding hydrogens is 431 g/mol. The van der Waals surface area contributed by atoms with Crippen LogP contribution >= 0.6 is 38.5 Å². The fourth-order valence-corrected chi connectivity index (χ4v) is 2.54. The Kier molecular flexibility index (Phi) is 6.04. The van der Waals surface area contributed by atoms with Gasteiger partial charge in [0.15, 0.2) is 5.78 Å². The van der Waals surface area contributed by atoms with Gasteiger partial charge in [-0.1, -0.05) is 34.1 Å². The lowest BCUT2D eigenvalue weighted by atomic mass is 10.1. The topological polar surface area (TPSA) is 26.3 Å². The van der Waals surface area contributed by atoms with Crippen LogP contribution in [0.15, 0.2) is 53.0 Å². The molecular formula is C16H14BrIO2. The van der Waals surface area contributed by atoms with Gasteiger partial charge in [-0.2, -0.15) is 0 Å². The van der Waals surface area contributed by atoms with Crippen LogP contribution in [-0.4, -0.2) is 12.4 Å². The molecule has 20 heavy (non-hydrogen) atoms. The Morgan fingerprint density at radius 3 is 2.60 bits per heavy atom. The van der Waals surface area contributed by atoms with E-state index < -0.39 is 0 Å².